The van der Waals surface area contributed by atoms with E-state index in [9.17, 15) is 22.0 Å². The number of rotatable bonds is 7. The fraction of sp³-hybridized carbons (Fsp3) is 0.333. The summed E-state index contributed by atoms with van der Waals surface area (Å²) in [5, 5.41) is 10.0. The quantitative estimate of drug-likeness (QED) is 0.495. The molecule has 0 radical (unpaired) electrons. The molecule has 1 N–H and O–H groups in total. The van der Waals surface area contributed by atoms with Crippen molar-refractivity contribution in [3.8, 4) is 11.8 Å². The Morgan fingerprint density at radius 3 is 2.48 bits per heavy atom. The molecule has 1 fully saturated rings. The molecule has 0 bridgehead atoms. The number of halogens is 3. The molecule has 1 saturated carbocycles. The van der Waals surface area contributed by atoms with Crippen LogP contribution < -0.4 is 10.1 Å². The van der Waals surface area contributed by atoms with Crippen molar-refractivity contribution in [1.29, 1.82) is 5.26 Å². The largest absolute Gasteiger partial charge is 0.493 e. The minimum absolute atomic E-state index is 0.00471. The second-order valence-electron chi connectivity index (χ2n) is 7.22. The molecule has 3 rings (SSSR count). The Morgan fingerprint density at radius 1 is 1.16 bits per heavy atom. The number of hydrogen-bond acceptors (Lipinski definition) is 5. The van der Waals surface area contributed by atoms with E-state index in [4.69, 9.17) is 21.6 Å². The van der Waals surface area contributed by atoms with Gasteiger partial charge in [-0.3, -0.25) is 4.79 Å². The van der Waals surface area contributed by atoms with Crippen molar-refractivity contribution in [2.45, 2.75) is 23.0 Å². The average Bonchev–Trinajstić information content (AvgIpc) is 3.16. The van der Waals surface area contributed by atoms with Crippen molar-refractivity contribution in [3.05, 3.63) is 59.1 Å². The summed E-state index contributed by atoms with van der Waals surface area (Å²) in [5.74, 6) is -2.34. The Balaban J connectivity index is 1.82. The molecule has 1 aliphatic rings. The molecule has 1 amide bonds. The zero-order valence-corrected chi connectivity index (χ0v) is 17.8. The molecule has 164 valence electrons. The monoisotopic (exact) mass is 468 g/mol. The van der Waals surface area contributed by atoms with Crippen LogP contribution in [-0.4, -0.2) is 32.7 Å². The van der Waals surface area contributed by atoms with Crippen molar-refractivity contribution in [1.82, 2.24) is 5.32 Å². The summed E-state index contributed by atoms with van der Waals surface area (Å²) in [6.45, 7) is -0.179. The molecule has 31 heavy (non-hydrogen) atoms. The molecule has 10 heteroatoms. The van der Waals surface area contributed by atoms with Crippen LogP contribution in [0.3, 0.4) is 0 Å². The molecule has 2 aromatic carbocycles. The fourth-order valence-corrected chi connectivity index (χ4v) is 6.11. The number of nitrogens with one attached hydrogen (secondary N) is 1. The smallest absolute Gasteiger partial charge is 0.224 e. The molecule has 0 saturated heterocycles. The van der Waals surface area contributed by atoms with Gasteiger partial charge in [-0.1, -0.05) is 11.6 Å². The highest BCUT2D eigenvalue weighted by Crippen LogP contribution is 2.40. The van der Waals surface area contributed by atoms with Crippen LogP contribution in [0.15, 0.2) is 47.4 Å². The lowest BCUT2D eigenvalue weighted by Crippen LogP contribution is -2.34. The predicted octanol–water partition coefficient (Wildman–Crippen LogP) is 3.51. The number of nitriles is 1. The van der Waals surface area contributed by atoms with Gasteiger partial charge in [0.2, 0.25) is 5.91 Å². The molecular weight excluding hydrogens is 450 g/mol. The van der Waals surface area contributed by atoms with Crippen LogP contribution in [0, 0.1) is 34.8 Å². The van der Waals surface area contributed by atoms with Gasteiger partial charge in [-0.2, -0.15) is 5.26 Å². The molecule has 0 spiro atoms. The van der Waals surface area contributed by atoms with Crippen molar-refractivity contribution < 1.29 is 26.7 Å². The number of sulfone groups is 1. The lowest BCUT2D eigenvalue weighted by molar-refractivity contribution is -0.126. The molecule has 0 unspecified atom stereocenters. The van der Waals surface area contributed by atoms with Crippen LogP contribution in [-0.2, 0) is 14.6 Å². The Morgan fingerprint density at radius 2 is 1.84 bits per heavy atom. The van der Waals surface area contributed by atoms with Gasteiger partial charge in [0.05, 0.1) is 27.8 Å². The average molecular weight is 469 g/mol. The highest BCUT2D eigenvalue weighted by Gasteiger charge is 2.45. The Labute approximate surface area is 183 Å². The first-order chi connectivity index (χ1) is 14.7. The molecule has 0 aliphatic heterocycles. The van der Waals surface area contributed by atoms with Gasteiger partial charge in [0.15, 0.2) is 9.84 Å². The number of amides is 1. The van der Waals surface area contributed by atoms with Gasteiger partial charge in [0.25, 0.3) is 0 Å². The zero-order chi connectivity index (χ0) is 22.6. The third-order valence-electron chi connectivity index (χ3n) is 5.25. The highest BCUT2D eigenvalue weighted by atomic mass is 35.5. The molecular formula is C21H19ClF2N2O4S. The molecule has 0 aromatic heterocycles. The van der Waals surface area contributed by atoms with Gasteiger partial charge in [-0.15, -0.1) is 0 Å². The van der Waals surface area contributed by atoms with E-state index in [0.717, 1.165) is 18.2 Å². The maximum atomic E-state index is 13.3. The van der Waals surface area contributed by atoms with E-state index in [1.165, 1.54) is 24.3 Å². The van der Waals surface area contributed by atoms with Crippen LogP contribution in [0.2, 0.25) is 5.02 Å². The summed E-state index contributed by atoms with van der Waals surface area (Å²) >= 11 is 5.96. The van der Waals surface area contributed by atoms with Crippen molar-refractivity contribution >= 4 is 27.3 Å². The lowest BCUT2D eigenvalue weighted by Gasteiger charge is -2.18. The molecule has 1 aliphatic carbocycles. The van der Waals surface area contributed by atoms with Gasteiger partial charge in [-0.25, -0.2) is 17.2 Å². The van der Waals surface area contributed by atoms with Crippen LogP contribution in [0.4, 0.5) is 8.78 Å². The topological polar surface area (TPSA) is 96.3 Å². The van der Waals surface area contributed by atoms with E-state index < -0.39 is 44.5 Å². The standard InChI is InChI=1S/C21H19ClF2N2O4S/c22-19-10-15(24)3-6-20(19)31(28,29)17-9-13(18(11-17)21(27)26-8-7-25)12-30-16-4-1-14(23)2-5-16/h1-6,10,13,17-18H,8-9,11-12H2,(H,26,27)/t13-,17+,18+/m0/s1. The number of nitrogens with zero attached hydrogens (tertiary/aromatic N) is 1. The van der Waals surface area contributed by atoms with E-state index in [0.29, 0.717) is 5.75 Å². The molecule has 3 atom stereocenters. The van der Waals surface area contributed by atoms with Gasteiger partial charge in [0, 0.05) is 11.8 Å². The van der Waals surface area contributed by atoms with E-state index in [1.54, 1.807) is 0 Å². The third kappa shape index (κ3) is 5.32. The summed E-state index contributed by atoms with van der Waals surface area (Å²) in [6, 6.07) is 10.2. The van der Waals surface area contributed by atoms with Gasteiger partial charge in [0.1, 0.15) is 23.9 Å². The van der Waals surface area contributed by atoms with E-state index in [1.807, 2.05) is 6.07 Å². The first-order valence-electron chi connectivity index (χ1n) is 9.44. The SMILES string of the molecule is N#CCNC(=O)[C@@H]1C[C@H](S(=O)(=O)c2ccc(F)cc2Cl)C[C@H]1COc1ccc(F)cc1. The van der Waals surface area contributed by atoms with E-state index in [-0.39, 0.29) is 35.9 Å². The second kappa shape index (κ2) is 9.62. The van der Waals surface area contributed by atoms with Crippen LogP contribution in [0.1, 0.15) is 12.8 Å². The van der Waals surface area contributed by atoms with Gasteiger partial charge in [-0.05, 0) is 55.3 Å². The van der Waals surface area contributed by atoms with E-state index >= 15 is 0 Å². The van der Waals surface area contributed by atoms with Crippen LogP contribution in [0.5, 0.6) is 5.75 Å². The molecule has 0 heterocycles. The highest BCUT2D eigenvalue weighted by molar-refractivity contribution is 7.92. The van der Waals surface area contributed by atoms with E-state index in [2.05, 4.69) is 5.32 Å². The summed E-state index contributed by atoms with van der Waals surface area (Å²) < 4.78 is 58.3. The number of ether oxygens (including phenoxy) is 1. The first kappa shape index (κ1) is 23.0. The van der Waals surface area contributed by atoms with Crippen molar-refractivity contribution in [2.24, 2.45) is 11.8 Å². The molecule has 6 nitrogen and oxygen atoms in total. The van der Waals surface area contributed by atoms with Gasteiger partial charge < -0.3 is 10.1 Å². The second-order valence-corrected chi connectivity index (χ2v) is 9.82. The van der Waals surface area contributed by atoms with Crippen LogP contribution >= 0.6 is 11.6 Å². The third-order valence-corrected chi connectivity index (χ3v) is 7.90. The normalized spacial score (nSPS) is 20.8. The summed E-state index contributed by atoms with van der Waals surface area (Å²) in [5.41, 5.74) is 0. The maximum absolute atomic E-state index is 13.3. The Bertz CT molecular complexity index is 1100. The Hall–Kier alpha value is -2.70. The minimum atomic E-state index is -3.94. The number of carbonyl (C=O) groups excluding carboxylic acids is 1. The van der Waals surface area contributed by atoms with Crippen molar-refractivity contribution in [2.75, 3.05) is 13.2 Å². The zero-order valence-electron chi connectivity index (χ0n) is 16.2. The van der Waals surface area contributed by atoms with Gasteiger partial charge >= 0.3 is 0 Å². The first-order valence-corrected chi connectivity index (χ1v) is 11.4. The summed E-state index contributed by atoms with van der Waals surface area (Å²) in [6.07, 6.45) is 0.118. The minimum Gasteiger partial charge on any atom is -0.493 e. The number of carbonyl (C=O) groups is 1. The fourth-order valence-electron chi connectivity index (χ4n) is 3.71. The summed E-state index contributed by atoms with van der Waals surface area (Å²) in [4.78, 5) is 12.4. The Kier molecular flexibility index (Phi) is 7.13. The lowest BCUT2D eigenvalue weighted by atomic mass is 9.96. The summed E-state index contributed by atoms with van der Waals surface area (Å²) in [7, 11) is -3.94. The van der Waals surface area contributed by atoms with Crippen LogP contribution in [0.25, 0.3) is 0 Å². The van der Waals surface area contributed by atoms with Crippen molar-refractivity contribution in [3.63, 3.8) is 0 Å². The maximum Gasteiger partial charge on any atom is 0.224 e. The number of hydrogen-bond donors (Lipinski definition) is 1. The number of benzene rings is 2. The molecule has 2 aromatic rings. The predicted molar refractivity (Wildman–Crippen MR) is 109 cm³/mol.